The van der Waals surface area contributed by atoms with Crippen molar-refractivity contribution in [2.24, 2.45) is 0 Å². The molecular formula is C15H14O2. The molecule has 1 aliphatic rings. The highest BCUT2D eigenvalue weighted by molar-refractivity contribution is 5.92. The fourth-order valence-corrected chi connectivity index (χ4v) is 2.67. The number of hydrogen-bond acceptors (Lipinski definition) is 2. The van der Waals surface area contributed by atoms with Gasteiger partial charge in [0.25, 0.3) is 0 Å². The number of fused-ring (bicyclic) bond motifs is 3. The molecule has 0 aliphatic heterocycles. The minimum absolute atomic E-state index is 0.274. The first kappa shape index (κ1) is 10.3. The van der Waals surface area contributed by atoms with E-state index in [4.69, 9.17) is 4.42 Å². The number of aryl methyl sites for hydroxylation is 1. The lowest BCUT2D eigenvalue weighted by atomic mass is 9.95. The van der Waals surface area contributed by atoms with Gasteiger partial charge in [-0.15, -0.1) is 0 Å². The highest BCUT2D eigenvalue weighted by atomic mass is 16.4. The van der Waals surface area contributed by atoms with Crippen molar-refractivity contribution < 1.29 is 4.42 Å². The van der Waals surface area contributed by atoms with Crippen molar-refractivity contribution in [2.75, 3.05) is 0 Å². The molecule has 1 atom stereocenters. The van der Waals surface area contributed by atoms with Gasteiger partial charge < -0.3 is 4.42 Å². The summed E-state index contributed by atoms with van der Waals surface area (Å²) < 4.78 is 5.25. The van der Waals surface area contributed by atoms with Crippen LogP contribution >= 0.6 is 0 Å². The van der Waals surface area contributed by atoms with E-state index in [0.29, 0.717) is 11.5 Å². The molecule has 1 aliphatic carbocycles. The molecule has 2 heteroatoms. The van der Waals surface area contributed by atoms with Gasteiger partial charge in [0.1, 0.15) is 5.58 Å². The topological polar surface area (TPSA) is 30.2 Å². The summed E-state index contributed by atoms with van der Waals surface area (Å²) in [6, 6.07) is 5.56. The van der Waals surface area contributed by atoms with Gasteiger partial charge in [0.15, 0.2) is 0 Å². The molecule has 1 aromatic carbocycles. The Hall–Kier alpha value is -1.83. The fraction of sp³-hybridized carbons (Fsp3) is 0.267. The predicted octanol–water partition coefficient (Wildman–Crippen LogP) is 3.62. The van der Waals surface area contributed by atoms with Crippen LogP contribution in [0, 0.1) is 6.92 Å². The van der Waals surface area contributed by atoms with Gasteiger partial charge in [-0.3, -0.25) is 0 Å². The molecule has 3 rings (SSSR count). The summed E-state index contributed by atoms with van der Waals surface area (Å²) in [5.41, 5.74) is 3.97. The molecule has 86 valence electrons. The van der Waals surface area contributed by atoms with E-state index in [9.17, 15) is 4.79 Å². The van der Waals surface area contributed by atoms with Crippen LogP contribution in [0.3, 0.4) is 0 Å². The monoisotopic (exact) mass is 226 g/mol. The van der Waals surface area contributed by atoms with Crippen molar-refractivity contribution in [2.45, 2.75) is 26.2 Å². The maximum atomic E-state index is 11.3. The first-order chi connectivity index (χ1) is 8.20. The summed E-state index contributed by atoms with van der Waals surface area (Å²) in [4.78, 5) is 11.3. The maximum absolute atomic E-state index is 11.3. The second-order valence-corrected chi connectivity index (χ2v) is 4.56. The van der Waals surface area contributed by atoms with Crippen LogP contribution in [0.1, 0.15) is 36.0 Å². The van der Waals surface area contributed by atoms with Gasteiger partial charge in [0.05, 0.1) is 0 Å². The molecule has 0 bridgehead atoms. The Bertz CT molecular complexity index is 677. The molecule has 2 aromatic rings. The van der Waals surface area contributed by atoms with Crippen LogP contribution in [0.5, 0.6) is 0 Å². The van der Waals surface area contributed by atoms with Crippen molar-refractivity contribution in [1.29, 1.82) is 0 Å². The Labute approximate surface area is 99.6 Å². The van der Waals surface area contributed by atoms with Gasteiger partial charge in [-0.05, 0) is 36.1 Å². The lowest BCUT2D eigenvalue weighted by Crippen LogP contribution is -2.00. The standard InChI is InChI=1S/C15H14O2/c1-3-10-4-5-12-11(10)6-7-13-15(12)9(2)8-14(16)17-13/h4-8,10H,3H2,1-2H3. The van der Waals surface area contributed by atoms with Gasteiger partial charge >= 0.3 is 5.63 Å². The smallest absolute Gasteiger partial charge is 0.336 e. The van der Waals surface area contributed by atoms with Crippen LogP contribution in [-0.2, 0) is 0 Å². The Morgan fingerprint density at radius 3 is 2.94 bits per heavy atom. The van der Waals surface area contributed by atoms with Crippen molar-refractivity contribution in [1.82, 2.24) is 0 Å². The van der Waals surface area contributed by atoms with Crippen LogP contribution < -0.4 is 5.63 Å². The molecule has 1 aromatic heterocycles. The Kier molecular flexibility index (Phi) is 2.18. The largest absolute Gasteiger partial charge is 0.423 e. The Morgan fingerprint density at radius 2 is 2.18 bits per heavy atom. The molecule has 0 amide bonds. The zero-order valence-corrected chi connectivity index (χ0v) is 9.99. The molecule has 0 saturated carbocycles. The van der Waals surface area contributed by atoms with Gasteiger partial charge in [-0.25, -0.2) is 4.79 Å². The normalized spacial score (nSPS) is 17.6. The van der Waals surface area contributed by atoms with Crippen molar-refractivity contribution in [3.05, 3.63) is 51.4 Å². The summed E-state index contributed by atoms with van der Waals surface area (Å²) in [5, 5.41) is 1.08. The quantitative estimate of drug-likeness (QED) is 0.695. The van der Waals surface area contributed by atoms with Crippen molar-refractivity contribution >= 4 is 17.0 Å². The van der Waals surface area contributed by atoms with Crippen LogP contribution in [0.15, 0.2) is 33.5 Å². The highest BCUT2D eigenvalue weighted by Gasteiger charge is 2.19. The SMILES string of the molecule is CCC1C=Cc2c1ccc1oc(=O)cc(C)c21. The fourth-order valence-electron chi connectivity index (χ4n) is 2.67. The number of rotatable bonds is 1. The lowest BCUT2D eigenvalue weighted by Gasteiger charge is -2.10. The van der Waals surface area contributed by atoms with Gasteiger partial charge in [0, 0.05) is 17.4 Å². The number of hydrogen-bond donors (Lipinski definition) is 0. The molecule has 1 unspecified atom stereocenters. The van der Waals surface area contributed by atoms with E-state index in [1.807, 2.05) is 13.0 Å². The number of allylic oxidation sites excluding steroid dienone is 1. The second-order valence-electron chi connectivity index (χ2n) is 4.56. The van der Waals surface area contributed by atoms with Crippen LogP contribution in [-0.4, -0.2) is 0 Å². The highest BCUT2D eigenvalue weighted by Crippen LogP contribution is 2.37. The summed E-state index contributed by atoms with van der Waals surface area (Å²) in [7, 11) is 0. The third-order valence-electron chi connectivity index (χ3n) is 3.51. The minimum atomic E-state index is -0.274. The third kappa shape index (κ3) is 1.44. The van der Waals surface area contributed by atoms with Gasteiger partial charge in [-0.2, -0.15) is 0 Å². The Balaban J connectivity index is 2.40. The summed E-state index contributed by atoms with van der Waals surface area (Å²) in [6.45, 7) is 4.15. The van der Waals surface area contributed by atoms with Crippen LogP contribution in [0.25, 0.3) is 17.0 Å². The van der Waals surface area contributed by atoms with E-state index >= 15 is 0 Å². The zero-order valence-electron chi connectivity index (χ0n) is 9.99. The average molecular weight is 226 g/mol. The van der Waals surface area contributed by atoms with Crippen molar-refractivity contribution in [3.63, 3.8) is 0 Å². The molecule has 17 heavy (non-hydrogen) atoms. The molecule has 0 fully saturated rings. The summed E-state index contributed by atoms with van der Waals surface area (Å²) in [5.74, 6) is 0.501. The molecule has 0 spiro atoms. The molecule has 0 saturated heterocycles. The molecular weight excluding hydrogens is 212 g/mol. The van der Waals surface area contributed by atoms with E-state index in [-0.39, 0.29) is 5.63 Å². The maximum Gasteiger partial charge on any atom is 0.336 e. The first-order valence-corrected chi connectivity index (χ1v) is 5.96. The van der Waals surface area contributed by atoms with Crippen molar-refractivity contribution in [3.8, 4) is 0 Å². The summed E-state index contributed by atoms with van der Waals surface area (Å²) >= 11 is 0. The van der Waals surface area contributed by atoms with E-state index < -0.39 is 0 Å². The van der Waals surface area contributed by atoms with Gasteiger partial charge in [-0.1, -0.05) is 25.1 Å². The summed E-state index contributed by atoms with van der Waals surface area (Å²) in [6.07, 6.45) is 5.48. The molecule has 0 N–H and O–H groups in total. The van der Waals surface area contributed by atoms with Crippen LogP contribution in [0.4, 0.5) is 0 Å². The predicted molar refractivity (Wildman–Crippen MR) is 69.3 cm³/mol. The third-order valence-corrected chi connectivity index (χ3v) is 3.51. The molecule has 1 heterocycles. The van der Waals surface area contributed by atoms with Crippen LogP contribution in [0.2, 0.25) is 0 Å². The van der Waals surface area contributed by atoms with Gasteiger partial charge in [0.2, 0.25) is 0 Å². The van der Waals surface area contributed by atoms with E-state index in [2.05, 4.69) is 25.1 Å². The molecule has 2 nitrogen and oxygen atoms in total. The average Bonchev–Trinajstić information content (AvgIpc) is 2.70. The zero-order chi connectivity index (χ0) is 12.0. The molecule has 0 radical (unpaired) electrons. The second kappa shape index (κ2) is 3.59. The minimum Gasteiger partial charge on any atom is -0.423 e. The van der Waals surface area contributed by atoms with E-state index in [1.165, 1.54) is 11.1 Å². The first-order valence-electron chi connectivity index (χ1n) is 5.96. The van der Waals surface area contributed by atoms with E-state index in [1.54, 1.807) is 6.07 Å². The number of benzene rings is 1. The lowest BCUT2D eigenvalue weighted by molar-refractivity contribution is 0.559. The van der Waals surface area contributed by atoms with E-state index in [0.717, 1.165) is 17.4 Å². The Morgan fingerprint density at radius 1 is 1.35 bits per heavy atom.